The number of aliphatic hydroxyl groups excluding tert-OH is 1. The molecule has 94 valence electrons. The summed E-state index contributed by atoms with van der Waals surface area (Å²) in [5.41, 5.74) is 2.69. The standard InChI is InChI=1S/C14H21NO2/c1-11(16)10-15(2)7-5-12-3-4-14-13(9-12)6-8-17-14/h3-4,9,11,16H,5-8,10H2,1-2H3. The fourth-order valence-electron chi connectivity index (χ4n) is 2.26. The van der Waals surface area contributed by atoms with E-state index in [4.69, 9.17) is 4.74 Å². The molecule has 0 saturated heterocycles. The Morgan fingerprint density at radius 3 is 3.06 bits per heavy atom. The van der Waals surface area contributed by atoms with E-state index < -0.39 is 0 Å². The zero-order chi connectivity index (χ0) is 12.3. The summed E-state index contributed by atoms with van der Waals surface area (Å²) >= 11 is 0. The molecular weight excluding hydrogens is 214 g/mol. The SMILES string of the molecule is CC(O)CN(C)CCc1ccc2c(c1)CCO2. The van der Waals surface area contributed by atoms with Crippen LogP contribution in [-0.2, 0) is 12.8 Å². The molecule has 0 saturated carbocycles. The number of rotatable bonds is 5. The highest BCUT2D eigenvalue weighted by atomic mass is 16.5. The van der Waals surface area contributed by atoms with Gasteiger partial charge in [-0.25, -0.2) is 0 Å². The summed E-state index contributed by atoms with van der Waals surface area (Å²) in [5.74, 6) is 1.05. The Kier molecular flexibility index (Phi) is 4.02. The van der Waals surface area contributed by atoms with Crippen LogP contribution in [0.1, 0.15) is 18.1 Å². The van der Waals surface area contributed by atoms with Gasteiger partial charge in [-0.1, -0.05) is 12.1 Å². The Bertz CT molecular complexity index is 376. The van der Waals surface area contributed by atoms with Crippen LogP contribution in [0.15, 0.2) is 18.2 Å². The first-order chi connectivity index (χ1) is 8.15. The van der Waals surface area contributed by atoms with E-state index >= 15 is 0 Å². The van der Waals surface area contributed by atoms with Crippen LogP contribution in [0.2, 0.25) is 0 Å². The second-order valence-corrected chi connectivity index (χ2v) is 4.90. The quantitative estimate of drug-likeness (QED) is 0.839. The van der Waals surface area contributed by atoms with Crippen LogP contribution < -0.4 is 4.74 Å². The third kappa shape index (κ3) is 3.45. The van der Waals surface area contributed by atoms with Crippen LogP contribution in [0.5, 0.6) is 5.75 Å². The number of fused-ring (bicyclic) bond motifs is 1. The minimum absolute atomic E-state index is 0.256. The minimum atomic E-state index is -0.256. The molecule has 0 radical (unpaired) electrons. The lowest BCUT2D eigenvalue weighted by molar-refractivity contribution is 0.142. The van der Waals surface area contributed by atoms with Crippen LogP contribution >= 0.6 is 0 Å². The highest BCUT2D eigenvalue weighted by molar-refractivity contribution is 5.39. The van der Waals surface area contributed by atoms with E-state index in [-0.39, 0.29) is 6.10 Å². The van der Waals surface area contributed by atoms with E-state index in [0.29, 0.717) is 0 Å². The number of hydrogen-bond donors (Lipinski definition) is 1. The summed E-state index contributed by atoms with van der Waals surface area (Å²) in [4.78, 5) is 2.16. The number of benzene rings is 1. The van der Waals surface area contributed by atoms with Crippen LogP contribution in [0.25, 0.3) is 0 Å². The Morgan fingerprint density at radius 1 is 1.47 bits per heavy atom. The summed E-state index contributed by atoms with van der Waals surface area (Å²) in [7, 11) is 2.04. The summed E-state index contributed by atoms with van der Waals surface area (Å²) in [6.45, 7) is 4.35. The van der Waals surface area contributed by atoms with Crippen molar-refractivity contribution in [2.75, 3.05) is 26.7 Å². The van der Waals surface area contributed by atoms with Gasteiger partial charge in [-0.2, -0.15) is 0 Å². The molecule has 1 heterocycles. The predicted molar refractivity (Wildman–Crippen MR) is 68.5 cm³/mol. The van der Waals surface area contributed by atoms with Crippen molar-refractivity contribution in [2.45, 2.75) is 25.9 Å². The second kappa shape index (κ2) is 5.52. The molecule has 3 nitrogen and oxygen atoms in total. The molecule has 0 aromatic heterocycles. The maximum atomic E-state index is 9.29. The number of aliphatic hydroxyl groups is 1. The van der Waals surface area contributed by atoms with Crippen LogP contribution in [-0.4, -0.2) is 42.9 Å². The van der Waals surface area contributed by atoms with Gasteiger partial charge in [0.15, 0.2) is 0 Å². The molecule has 0 fully saturated rings. The fraction of sp³-hybridized carbons (Fsp3) is 0.571. The zero-order valence-corrected chi connectivity index (χ0v) is 10.6. The van der Waals surface area contributed by atoms with Crippen molar-refractivity contribution in [3.05, 3.63) is 29.3 Å². The Morgan fingerprint density at radius 2 is 2.29 bits per heavy atom. The van der Waals surface area contributed by atoms with Gasteiger partial charge in [0.25, 0.3) is 0 Å². The van der Waals surface area contributed by atoms with Crippen molar-refractivity contribution in [1.29, 1.82) is 0 Å². The lowest BCUT2D eigenvalue weighted by Crippen LogP contribution is -2.29. The molecule has 1 N–H and O–H groups in total. The number of likely N-dealkylation sites (N-methyl/N-ethyl adjacent to an activating group) is 1. The van der Waals surface area contributed by atoms with E-state index in [1.54, 1.807) is 0 Å². The molecular formula is C14H21NO2. The van der Waals surface area contributed by atoms with Gasteiger partial charge in [0.2, 0.25) is 0 Å². The smallest absolute Gasteiger partial charge is 0.122 e. The highest BCUT2D eigenvalue weighted by Crippen LogP contribution is 2.25. The maximum absolute atomic E-state index is 9.29. The number of nitrogens with zero attached hydrogens (tertiary/aromatic N) is 1. The van der Waals surface area contributed by atoms with Gasteiger partial charge in [-0.05, 0) is 37.6 Å². The van der Waals surface area contributed by atoms with Gasteiger partial charge in [0.1, 0.15) is 5.75 Å². The summed E-state index contributed by atoms with van der Waals surface area (Å²) in [6, 6.07) is 6.46. The van der Waals surface area contributed by atoms with Crippen LogP contribution in [0.4, 0.5) is 0 Å². The lowest BCUT2D eigenvalue weighted by atomic mass is 10.1. The third-order valence-electron chi connectivity index (χ3n) is 3.11. The zero-order valence-electron chi connectivity index (χ0n) is 10.6. The molecule has 0 spiro atoms. The molecule has 3 heteroatoms. The van der Waals surface area contributed by atoms with E-state index in [0.717, 1.165) is 38.3 Å². The first-order valence-electron chi connectivity index (χ1n) is 6.26. The number of ether oxygens (including phenoxy) is 1. The summed E-state index contributed by atoms with van der Waals surface area (Å²) in [5, 5.41) is 9.29. The summed E-state index contributed by atoms with van der Waals surface area (Å²) < 4.78 is 5.49. The van der Waals surface area contributed by atoms with Gasteiger partial charge < -0.3 is 14.7 Å². The largest absolute Gasteiger partial charge is 0.493 e. The molecule has 1 aliphatic heterocycles. The van der Waals surface area contributed by atoms with Crippen molar-refractivity contribution in [1.82, 2.24) is 4.90 Å². The summed E-state index contributed by atoms with van der Waals surface area (Å²) in [6.07, 6.45) is 1.80. The van der Waals surface area contributed by atoms with Crippen LogP contribution in [0.3, 0.4) is 0 Å². The van der Waals surface area contributed by atoms with E-state index in [9.17, 15) is 5.11 Å². The average molecular weight is 235 g/mol. The van der Waals surface area contributed by atoms with Crippen LogP contribution in [0, 0.1) is 0 Å². The first kappa shape index (κ1) is 12.4. The maximum Gasteiger partial charge on any atom is 0.122 e. The van der Waals surface area contributed by atoms with Gasteiger partial charge in [0, 0.05) is 19.5 Å². The number of hydrogen-bond acceptors (Lipinski definition) is 3. The van der Waals surface area contributed by atoms with Crippen molar-refractivity contribution in [3.63, 3.8) is 0 Å². The lowest BCUT2D eigenvalue weighted by Gasteiger charge is -2.18. The minimum Gasteiger partial charge on any atom is -0.493 e. The first-order valence-corrected chi connectivity index (χ1v) is 6.26. The Hall–Kier alpha value is -1.06. The molecule has 1 aromatic rings. The van der Waals surface area contributed by atoms with Gasteiger partial charge in [0.05, 0.1) is 12.7 Å². The Balaban J connectivity index is 1.87. The second-order valence-electron chi connectivity index (χ2n) is 4.90. The Labute approximate surface area is 103 Å². The van der Waals surface area contributed by atoms with E-state index in [2.05, 4.69) is 23.1 Å². The molecule has 1 unspecified atom stereocenters. The van der Waals surface area contributed by atoms with E-state index in [1.807, 2.05) is 14.0 Å². The topological polar surface area (TPSA) is 32.7 Å². The van der Waals surface area contributed by atoms with Gasteiger partial charge in [-0.15, -0.1) is 0 Å². The van der Waals surface area contributed by atoms with Crippen molar-refractivity contribution in [2.24, 2.45) is 0 Å². The monoisotopic (exact) mass is 235 g/mol. The molecule has 0 aliphatic carbocycles. The molecule has 2 rings (SSSR count). The van der Waals surface area contributed by atoms with Gasteiger partial charge >= 0.3 is 0 Å². The molecule has 0 amide bonds. The van der Waals surface area contributed by atoms with Crippen molar-refractivity contribution < 1.29 is 9.84 Å². The molecule has 17 heavy (non-hydrogen) atoms. The average Bonchev–Trinajstić information content (AvgIpc) is 2.72. The molecule has 1 aliphatic rings. The fourth-order valence-corrected chi connectivity index (χ4v) is 2.26. The molecule has 0 bridgehead atoms. The highest BCUT2D eigenvalue weighted by Gasteiger charge is 2.12. The third-order valence-corrected chi connectivity index (χ3v) is 3.11. The van der Waals surface area contributed by atoms with E-state index in [1.165, 1.54) is 11.1 Å². The molecule has 1 aromatic carbocycles. The van der Waals surface area contributed by atoms with Crippen molar-refractivity contribution >= 4 is 0 Å². The predicted octanol–water partition coefficient (Wildman–Crippen LogP) is 1.48. The normalized spacial score (nSPS) is 15.8. The molecule has 1 atom stereocenters. The van der Waals surface area contributed by atoms with Gasteiger partial charge in [-0.3, -0.25) is 0 Å². The van der Waals surface area contributed by atoms with Crippen molar-refractivity contribution in [3.8, 4) is 5.75 Å².